The summed E-state index contributed by atoms with van der Waals surface area (Å²) in [5.74, 6) is 0.787. The van der Waals surface area contributed by atoms with E-state index >= 15 is 0 Å². The van der Waals surface area contributed by atoms with Gasteiger partial charge in [-0.2, -0.15) is 0 Å². The number of nitrogens with zero attached hydrogens (tertiary/aromatic N) is 6. The van der Waals surface area contributed by atoms with Gasteiger partial charge in [0.15, 0.2) is 0 Å². The van der Waals surface area contributed by atoms with Crippen molar-refractivity contribution in [2.24, 2.45) is 7.05 Å². The molecule has 0 bridgehead atoms. The number of carbonyl (C=O) groups excluding carboxylic acids is 1. The van der Waals surface area contributed by atoms with Gasteiger partial charge in [-0.1, -0.05) is 6.08 Å². The van der Waals surface area contributed by atoms with Crippen LogP contribution in [-0.2, 0) is 13.6 Å². The van der Waals surface area contributed by atoms with Gasteiger partial charge in [0, 0.05) is 76.2 Å². The molecule has 4 heterocycles. The molecule has 0 unspecified atom stereocenters. The average molecular weight is 510 g/mol. The largest absolute Gasteiger partial charge is 0.372 e. The predicted octanol–water partition coefficient (Wildman–Crippen LogP) is 4.68. The van der Waals surface area contributed by atoms with E-state index < -0.39 is 0 Å². The van der Waals surface area contributed by atoms with Crippen LogP contribution < -0.4 is 5.32 Å². The zero-order valence-corrected chi connectivity index (χ0v) is 23.0. The summed E-state index contributed by atoms with van der Waals surface area (Å²) in [6, 6.07) is 12.2. The van der Waals surface area contributed by atoms with Crippen LogP contribution in [0.15, 0.2) is 48.7 Å². The molecule has 0 radical (unpaired) electrons. The van der Waals surface area contributed by atoms with E-state index in [9.17, 15) is 4.79 Å². The summed E-state index contributed by atoms with van der Waals surface area (Å²) >= 11 is 0. The molecule has 0 spiro atoms. The summed E-state index contributed by atoms with van der Waals surface area (Å²) < 4.78 is 2.18. The Kier molecular flexibility index (Phi) is 6.99. The first kappa shape index (κ1) is 25.6. The number of anilines is 1. The van der Waals surface area contributed by atoms with E-state index in [2.05, 4.69) is 63.0 Å². The minimum Gasteiger partial charge on any atom is -0.372 e. The lowest BCUT2D eigenvalue weighted by Crippen LogP contribution is -2.29. The fraction of sp³-hybridized carbons (Fsp3) is 0.333. The number of carbonyl (C=O) groups is 1. The molecule has 38 heavy (non-hydrogen) atoms. The number of hydrogen-bond donors (Lipinski definition) is 1. The van der Waals surface area contributed by atoms with Gasteiger partial charge in [0.25, 0.3) is 5.91 Å². The van der Waals surface area contributed by atoms with Crippen molar-refractivity contribution in [2.75, 3.05) is 39.5 Å². The number of amides is 1. The van der Waals surface area contributed by atoms with Crippen LogP contribution >= 0.6 is 0 Å². The Balaban J connectivity index is 1.36. The third-order valence-electron chi connectivity index (χ3n) is 7.41. The van der Waals surface area contributed by atoms with E-state index in [0.717, 1.165) is 70.9 Å². The molecule has 0 saturated carbocycles. The summed E-state index contributed by atoms with van der Waals surface area (Å²) in [6.07, 6.45) is 5.16. The van der Waals surface area contributed by atoms with Crippen molar-refractivity contribution in [1.82, 2.24) is 29.5 Å². The molecule has 4 aromatic rings. The van der Waals surface area contributed by atoms with Gasteiger partial charge in [-0.15, -0.1) is 10.2 Å². The molecular weight excluding hydrogens is 474 g/mol. The predicted molar refractivity (Wildman–Crippen MR) is 153 cm³/mol. The van der Waals surface area contributed by atoms with Crippen LogP contribution in [0.3, 0.4) is 0 Å². The highest BCUT2D eigenvalue weighted by molar-refractivity contribution is 5.95. The Bertz CT molecular complexity index is 1510. The zero-order valence-electron chi connectivity index (χ0n) is 23.0. The highest BCUT2D eigenvalue weighted by Gasteiger charge is 2.20. The maximum atomic E-state index is 12.5. The van der Waals surface area contributed by atoms with Crippen molar-refractivity contribution in [3.63, 3.8) is 0 Å². The Hall–Kier alpha value is -4.04. The standard InChI is InChI=1S/C30H35N7O/c1-19-15-22(30(38)35(4)5)16-20(2)28(19)21-10-13-37(14-11-21)18-23-17-25-24(9-12-32-29(25)36(23)6)26-7-8-27(31-3)34-33-26/h7-10,12,15-17H,11,13-14,18H2,1-6H3,(H,31,34). The van der Waals surface area contributed by atoms with Crippen molar-refractivity contribution >= 4 is 28.3 Å². The molecule has 1 aliphatic rings. The lowest BCUT2D eigenvalue weighted by molar-refractivity contribution is 0.0827. The normalized spacial score (nSPS) is 14.0. The molecule has 0 atom stereocenters. The number of nitrogens with one attached hydrogen (secondary N) is 1. The summed E-state index contributed by atoms with van der Waals surface area (Å²) in [5, 5.41) is 12.8. The fourth-order valence-corrected chi connectivity index (χ4v) is 5.42. The Morgan fingerprint density at radius 2 is 1.84 bits per heavy atom. The van der Waals surface area contributed by atoms with Crippen molar-refractivity contribution in [3.8, 4) is 11.3 Å². The van der Waals surface area contributed by atoms with E-state index in [0.29, 0.717) is 0 Å². The molecule has 1 N–H and O–H groups in total. The first-order valence-corrected chi connectivity index (χ1v) is 13.0. The van der Waals surface area contributed by atoms with Crippen LogP contribution in [0.5, 0.6) is 0 Å². The van der Waals surface area contributed by atoms with Crippen LogP contribution in [-0.4, -0.2) is 69.7 Å². The topological polar surface area (TPSA) is 79.2 Å². The molecule has 0 fully saturated rings. The minimum absolute atomic E-state index is 0.0428. The van der Waals surface area contributed by atoms with Gasteiger partial charge in [-0.3, -0.25) is 9.69 Å². The molecule has 0 aliphatic carbocycles. The van der Waals surface area contributed by atoms with Crippen LogP contribution in [0, 0.1) is 13.8 Å². The first-order valence-electron chi connectivity index (χ1n) is 13.0. The van der Waals surface area contributed by atoms with E-state index in [1.807, 2.05) is 43.6 Å². The van der Waals surface area contributed by atoms with Crippen LogP contribution in [0.2, 0.25) is 0 Å². The summed E-state index contributed by atoms with van der Waals surface area (Å²) in [5.41, 5.74) is 9.76. The second-order valence-corrected chi connectivity index (χ2v) is 10.2. The molecule has 1 amide bonds. The molecule has 0 saturated heterocycles. The monoisotopic (exact) mass is 509 g/mol. The molecule has 5 rings (SSSR count). The number of aryl methyl sites for hydroxylation is 3. The number of pyridine rings is 1. The number of hydrogen-bond acceptors (Lipinski definition) is 6. The molecule has 1 aliphatic heterocycles. The van der Waals surface area contributed by atoms with Gasteiger partial charge in [0.2, 0.25) is 0 Å². The van der Waals surface area contributed by atoms with Crippen LogP contribution in [0.25, 0.3) is 27.9 Å². The van der Waals surface area contributed by atoms with Crippen molar-refractivity contribution in [3.05, 3.63) is 76.6 Å². The lowest BCUT2D eigenvalue weighted by atomic mass is 9.90. The number of fused-ring (bicyclic) bond motifs is 1. The van der Waals surface area contributed by atoms with E-state index in [-0.39, 0.29) is 5.91 Å². The molecule has 3 aromatic heterocycles. The average Bonchev–Trinajstić information content (AvgIpc) is 3.23. The van der Waals surface area contributed by atoms with Gasteiger partial charge in [0.05, 0.1) is 5.69 Å². The number of rotatable bonds is 6. The zero-order chi connectivity index (χ0) is 27.0. The summed E-state index contributed by atoms with van der Waals surface area (Å²) in [6.45, 7) is 6.92. The molecule has 8 heteroatoms. The van der Waals surface area contributed by atoms with E-state index in [1.54, 1.807) is 19.0 Å². The maximum absolute atomic E-state index is 12.5. The smallest absolute Gasteiger partial charge is 0.253 e. The number of benzene rings is 1. The first-order chi connectivity index (χ1) is 18.3. The van der Waals surface area contributed by atoms with Crippen LogP contribution in [0.4, 0.5) is 5.82 Å². The molecule has 1 aromatic carbocycles. The second-order valence-electron chi connectivity index (χ2n) is 10.2. The second kappa shape index (κ2) is 10.4. The van der Waals surface area contributed by atoms with E-state index in [1.165, 1.54) is 16.8 Å². The highest BCUT2D eigenvalue weighted by Crippen LogP contribution is 2.32. The molecular formula is C30H35N7O. The van der Waals surface area contributed by atoms with E-state index in [4.69, 9.17) is 0 Å². The van der Waals surface area contributed by atoms with Crippen LogP contribution in [0.1, 0.15) is 39.2 Å². The van der Waals surface area contributed by atoms with Gasteiger partial charge in [-0.05, 0) is 78.9 Å². The third-order valence-corrected chi connectivity index (χ3v) is 7.41. The lowest BCUT2D eigenvalue weighted by Gasteiger charge is -2.28. The van der Waals surface area contributed by atoms with Gasteiger partial charge in [0.1, 0.15) is 11.5 Å². The number of aromatic nitrogens is 4. The Morgan fingerprint density at radius 3 is 2.45 bits per heavy atom. The van der Waals surface area contributed by atoms with Crippen molar-refractivity contribution in [2.45, 2.75) is 26.8 Å². The van der Waals surface area contributed by atoms with Gasteiger partial charge in [-0.25, -0.2) is 4.98 Å². The quantitative estimate of drug-likeness (QED) is 0.407. The third kappa shape index (κ3) is 4.79. The van der Waals surface area contributed by atoms with Crippen molar-refractivity contribution < 1.29 is 4.79 Å². The summed E-state index contributed by atoms with van der Waals surface area (Å²) in [4.78, 5) is 21.2. The molecule has 196 valence electrons. The van der Waals surface area contributed by atoms with Gasteiger partial charge < -0.3 is 14.8 Å². The summed E-state index contributed by atoms with van der Waals surface area (Å²) in [7, 11) is 7.50. The maximum Gasteiger partial charge on any atom is 0.253 e. The Labute approximate surface area is 224 Å². The van der Waals surface area contributed by atoms with Crippen molar-refractivity contribution in [1.29, 1.82) is 0 Å². The molecule has 8 nitrogen and oxygen atoms in total. The minimum atomic E-state index is 0.0428. The SMILES string of the molecule is CNc1ccc(-c2ccnc3c2cc(CN2CC=C(c4c(C)cc(C(=O)N(C)C)cc4C)CC2)n3C)nn1. The highest BCUT2D eigenvalue weighted by atomic mass is 16.2. The Morgan fingerprint density at radius 1 is 1.08 bits per heavy atom. The van der Waals surface area contributed by atoms with Gasteiger partial charge >= 0.3 is 0 Å². The fourth-order valence-electron chi connectivity index (χ4n) is 5.42.